The molecule has 8 heteroatoms. The molecule has 24 heavy (non-hydrogen) atoms. The van der Waals surface area contributed by atoms with Crippen LogP contribution < -0.4 is 15.4 Å². The Labute approximate surface area is 137 Å². The van der Waals surface area contributed by atoms with Gasteiger partial charge in [-0.2, -0.15) is 0 Å². The van der Waals surface area contributed by atoms with Crippen molar-refractivity contribution in [3.05, 3.63) is 47.9 Å². The van der Waals surface area contributed by atoms with Gasteiger partial charge >= 0.3 is 0 Å². The fraction of sp³-hybridized carbons (Fsp3) is 0.312. The molecule has 1 aliphatic heterocycles. The van der Waals surface area contributed by atoms with Crippen molar-refractivity contribution in [1.82, 2.24) is 15.6 Å². The van der Waals surface area contributed by atoms with E-state index in [1.165, 1.54) is 24.5 Å². The van der Waals surface area contributed by atoms with Gasteiger partial charge in [0.15, 0.2) is 12.3 Å². The summed E-state index contributed by atoms with van der Waals surface area (Å²) in [4.78, 5) is 27.7. The van der Waals surface area contributed by atoms with Crippen LogP contribution in [0, 0.1) is 5.82 Å². The first kappa shape index (κ1) is 16.0. The van der Waals surface area contributed by atoms with Crippen molar-refractivity contribution < 1.29 is 23.1 Å². The predicted molar refractivity (Wildman–Crippen MR) is 80.7 cm³/mol. The van der Waals surface area contributed by atoms with E-state index >= 15 is 0 Å². The minimum absolute atomic E-state index is 0.0410. The topological polar surface area (TPSA) is 93.5 Å². The van der Waals surface area contributed by atoms with Crippen LogP contribution in [0.5, 0.6) is 5.75 Å². The lowest BCUT2D eigenvalue weighted by Gasteiger charge is -2.22. The molecule has 1 fully saturated rings. The maximum Gasteiger partial charge on any atom is 0.273 e. The van der Waals surface area contributed by atoms with Crippen molar-refractivity contribution in [2.24, 2.45) is 0 Å². The largest absolute Gasteiger partial charge is 0.484 e. The summed E-state index contributed by atoms with van der Waals surface area (Å²) in [5.74, 6) is -0.591. The highest BCUT2D eigenvalue weighted by Gasteiger charge is 2.25. The average molecular weight is 333 g/mol. The van der Waals surface area contributed by atoms with E-state index < -0.39 is 17.8 Å². The Hall–Kier alpha value is -2.90. The van der Waals surface area contributed by atoms with Gasteiger partial charge in [-0.15, -0.1) is 0 Å². The van der Waals surface area contributed by atoms with Crippen LogP contribution in [-0.4, -0.2) is 29.4 Å². The normalized spacial score (nSPS) is 17.2. The average Bonchev–Trinajstić information content (AvgIpc) is 3.04. The minimum atomic E-state index is -0.560. The zero-order chi connectivity index (χ0) is 16.9. The second-order valence-electron chi connectivity index (χ2n) is 5.33. The van der Waals surface area contributed by atoms with Gasteiger partial charge < -0.3 is 19.8 Å². The quantitative estimate of drug-likeness (QED) is 0.863. The molecule has 1 aromatic carbocycles. The van der Waals surface area contributed by atoms with Crippen molar-refractivity contribution in [2.45, 2.75) is 25.5 Å². The molecule has 7 nitrogen and oxygen atoms in total. The van der Waals surface area contributed by atoms with Gasteiger partial charge in [0, 0.05) is 12.6 Å². The summed E-state index contributed by atoms with van der Waals surface area (Å²) in [6, 6.07) is 5.10. The molecule has 1 saturated heterocycles. The summed E-state index contributed by atoms with van der Waals surface area (Å²) in [6.45, 7) is 0.581. The van der Waals surface area contributed by atoms with E-state index in [4.69, 9.17) is 9.15 Å². The molecule has 2 heterocycles. The van der Waals surface area contributed by atoms with Gasteiger partial charge in [-0.1, -0.05) is 6.07 Å². The van der Waals surface area contributed by atoms with E-state index in [0.29, 0.717) is 18.7 Å². The first-order valence-electron chi connectivity index (χ1n) is 7.53. The van der Waals surface area contributed by atoms with Gasteiger partial charge in [0.05, 0.1) is 0 Å². The number of nitrogens with one attached hydrogen (secondary N) is 2. The number of hydrogen-bond acceptors (Lipinski definition) is 5. The summed E-state index contributed by atoms with van der Waals surface area (Å²) >= 11 is 0. The third-order valence-corrected chi connectivity index (χ3v) is 3.53. The van der Waals surface area contributed by atoms with Crippen LogP contribution in [0.1, 0.15) is 29.2 Å². The van der Waals surface area contributed by atoms with Crippen LogP contribution >= 0.6 is 0 Å². The Morgan fingerprint density at radius 3 is 3.17 bits per heavy atom. The Bertz CT molecular complexity index is 746. The highest BCUT2D eigenvalue weighted by molar-refractivity contribution is 5.96. The Morgan fingerprint density at radius 2 is 2.38 bits per heavy atom. The molecule has 2 aromatic rings. The van der Waals surface area contributed by atoms with Crippen LogP contribution in [0.3, 0.4) is 0 Å². The number of hydrogen-bond donors (Lipinski definition) is 2. The molecule has 0 radical (unpaired) electrons. The molecule has 2 amide bonds. The molecule has 1 unspecified atom stereocenters. The van der Waals surface area contributed by atoms with Crippen molar-refractivity contribution >= 4 is 11.8 Å². The van der Waals surface area contributed by atoms with Gasteiger partial charge in [-0.05, 0) is 25.0 Å². The summed E-state index contributed by atoms with van der Waals surface area (Å²) < 4.78 is 23.6. The zero-order valence-corrected chi connectivity index (χ0v) is 12.8. The van der Waals surface area contributed by atoms with Crippen molar-refractivity contribution in [1.29, 1.82) is 0 Å². The number of ether oxygens (including phenoxy) is 1. The second-order valence-corrected chi connectivity index (χ2v) is 5.33. The lowest BCUT2D eigenvalue weighted by Crippen LogP contribution is -2.50. The molecule has 0 aliphatic carbocycles. The molecule has 0 spiro atoms. The smallest absolute Gasteiger partial charge is 0.273 e. The number of amides is 2. The van der Waals surface area contributed by atoms with Crippen LogP contribution in [-0.2, 0) is 11.4 Å². The molecular formula is C16H16FN3O4. The van der Waals surface area contributed by atoms with Crippen molar-refractivity contribution in [3.63, 3.8) is 0 Å². The standard InChI is InChI=1S/C16H16FN3O4/c17-10-3-1-4-11(7-10)23-9-14-19-13(8-24-14)16(22)20-12-5-2-6-18-15(12)21/h1,3-4,7-8,12H,2,5-6,9H2,(H,18,21)(H,20,22). The monoisotopic (exact) mass is 333 g/mol. The Kier molecular flexibility index (Phi) is 4.74. The summed E-state index contributed by atoms with van der Waals surface area (Å²) in [7, 11) is 0. The number of carbonyl (C=O) groups excluding carboxylic acids is 2. The van der Waals surface area contributed by atoms with Crippen LogP contribution in [0.25, 0.3) is 0 Å². The number of benzene rings is 1. The molecule has 126 valence electrons. The number of nitrogens with zero attached hydrogens (tertiary/aromatic N) is 1. The third-order valence-electron chi connectivity index (χ3n) is 3.53. The number of rotatable bonds is 5. The Morgan fingerprint density at radius 1 is 1.50 bits per heavy atom. The molecule has 1 aromatic heterocycles. The van der Waals surface area contributed by atoms with Gasteiger partial charge in [0.2, 0.25) is 11.8 Å². The molecule has 3 rings (SSSR count). The fourth-order valence-corrected chi connectivity index (χ4v) is 2.33. The van der Waals surface area contributed by atoms with Crippen molar-refractivity contribution in [3.8, 4) is 5.75 Å². The fourth-order valence-electron chi connectivity index (χ4n) is 2.33. The number of aromatic nitrogens is 1. The predicted octanol–water partition coefficient (Wildman–Crippen LogP) is 1.40. The first-order valence-corrected chi connectivity index (χ1v) is 7.53. The van der Waals surface area contributed by atoms with Gasteiger partial charge in [-0.25, -0.2) is 9.37 Å². The summed E-state index contributed by atoms with van der Waals surface area (Å²) in [6.07, 6.45) is 2.59. The van der Waals surface area contributed by atoms with E-state index in [-0.39, 0.29) is 24.1 Å². The van der Waals surface area contributed by atoms with E-state index in [0.717, 1.165) is 6.42 Å². The van der Waals surface area contributed by atoms with Crippen LogP contribution in [0.2, 0.25) is 0 Å². The highest BCUT2D eigenvalue weighted by atomic mass is 19.1. The molecule has 0 bridgehead atoms. The number of carbonyl (C=O) groups is 2. The second kappa shape index (κ2) is 7.12. The van der Waals surface area contributed by atoms with E-state index in [9.17, 15) is 14.0 Å². The van der Waals surface area contributed by atoms with Crippen LogP contribution in [0.4, 0.5) is 4.39 Å². The van der Waals surface area contributed by atoms with Crippen LogP contribution in [0.15, 0.2) is 34.9 Å². The third kappa shape index (κ3) is 3.89. The van der Waals surface area contributed by atoms with E-state index in [1.807, 2.05) is 0 Å². The molecule has 0 saturated carbocycles. The number of oxazole rings is 1. The molecule has 2 N–H and O–H groups in total. The van der Waals surface area contributed by atoms with E-state index in [2.05, 4.69) is 15.6 Å². The number of halogens is 1. The van der Waals surface area contributed by atoms with Gasteiger partial charge in [0.1, 0.15) is 23.9 Å². The maximum atomic E-state index is 13.1. The zero-order valence-electron chi connectivity index (χ0n) is 12.8. The molecule has 1 atom stereocenters. The Balaban J connectivity index is 1.56. The van der Waals surface area contributed by atoms with Crippen molar-refractivity contribution in [2.75, 3.05) is 6.54 Å². The SMILES string of the molecule is O=C(NC1CCCNC1=O)c1coc(COc2cccc(F)c2)n1. The maximum absolute atomic E-state index is 13.1. The lowest BCUT2D eigenvalue weighted by atomic mass is 10.1. The highest BCUT2D eigenvalue weighted by Crippen LogP contribution is 2.14. The summed E-state index contributed by atoms with van der Waals surface area (Å²) in [5.41, 5.74) is 0.0613. The van der Waals surface area contributed by atoms with Gasteiger partial charge in [-0.3, -0.25) is 9.59 Å². The first-order chi connectivity index (χ1) is 11.6. The van der Waals surface area contributed by atoms with Gasteiger partial charge in [0.25, 0.3) is 5.91 Å². The minimum Gasteiger partial charge on any atom is -0.484 e. The molecule has 1 aliphatic rings. The lowest BCUT2D eigenvalue weighted by molar-refractivity contribution is -0.124. The summed E-state index contributed by atoms with van der Waals surface area (Å²) in [5, 5.41) is 5.30. The van der Waals surface area contributed by atoms with E-state index in [1.54, 1.807) is 6.07 Å². The molecular weight excluding hydrogens is 317 g/mol. The number of piperidine rings is 1.